The van der Waals surface area contributed by atoms with Gasteiger partial charge in [-0.1, -0.05) is 22.0 Å². The van der Waals surface area contributed by atoms with Gasteiger partial charge >= 0.3 is 11.9 Å². The number of benzene rings is 1. The van der Waals surface area contributed by atoms with E-state index in [4.69, 9.17) is 5.11 Å². The first-order valence-electron chi connectivity index (χ1n) is 6.78. The van der Waals surface area contributed by atoms with Gasteiger partial charge in [0, 0.05) is 46.2 Å². The molecule has 6 heteroatoms. The summed E-state index contributed by atoms with van der Waals surface area (Å²) in [6.45, 7) is 0.656. The van der Waals surface area contributed by atoms with Crippen molar-refractivity contribution in [2.45, 2.75) is 19.4 Å². The van der Waals surface area contributed by atoms with Gasteiger partial charge in [-0.2, -0.15) is 0 Å². The molecule has 0 radical (unpaired) electrons. The van der Waals surface area contributed by atoms with Gasteiger partial charge in [-0.25, -0.2) is 4.79 Å². The number of fused-ring (bicyclic) bond motifs is 1. The molecule has 1 aromatic heterocycles. The maximum Gasteiger partial charge on any atom is 0.328 e. The normalized spacial score (nSPS) is 11.2. The second-order valence-corrected chi connectivity index (χ2v) is 5.62. The molecule has 0 aliphatic heterocycles. The average molecular weight is 366 g/mol. The molecule has 22 heavy (non-hydrogen) atoms. The van der Waals surface area contributed by atoms with Gasteiger partial charge in [0.15, 0.2) is 0 Å². The van der Waals surface area contributed by atoms with Crippen LogP contribution >= 0.6 is 15.9 Å². The zero-order valence-corrected chi connectivity index (χ0v) is 13.7. The van der Waals surface area contributed by atoms with Crippen LogP contribution in [-0.2, 0) is 20.9 Å². The number of esters is 1. The predicted octanol–water partition coefficient (Wildman–Crippen LogP) is 3.45. The molecular formula is C16H16BrNO4. The molecule has 0 aliphatic carbocycles. The molecule has 1 heterocycles. The van der Waals surface area contributed by atoms with Gasteiger partial charge in [0.1, 0.15) is 0 Å². The van der Waals surface area contributed by atoms with Crippen LogP contribution in [0.15, 0.2) is 34.9 Å². The number of aryl methyl sites for hydroxylation is 1. The lowest BCUT2D eigenvalue weighted by Gasteiger charge is -2.05. The Bertz CT molecular complexity index is 733. The standard InChI is InChI=1S/C16H16BrNO4/c1-22-15(21)6-3-9-18-10-11(7-8-14(19)20)16-12(17)4-2-5-13(16)18/h2,4-5,7-8,10H,3,6,9H2,1H3,(H,19,20)/b8-7+. The highest BCUT2D eigenvalue weighted by Crippen LogP contribution is 2.30. The van der Waals surface area contributed by atoms with E-state index >= 15 is 0 Å². The molecule has 0 saturated carbocycles. The second-order valence-electron chi connectivity index (χ2n) is 4.76. The summed E-state index contributed by atoms with van der Waals surface area (Å²) in [5.41, 5.74) is 1.81. The van der Waals surface area contributed by atoms with Gasteiger partial charge in [0.2, 0.25) is 0 Å². The Morgan fingerprint density at radius 3 is 2.86 bits per heavy atom. The van der Waals surface area contributed by atoms with Gasteiger partial charge in [-0.3, -0.25) is 4.79 Å². The first-order valence-corrected chi connectivity index (χ1v) is 7.57. The fraction of sp³-hybridized carbons (Fsp3) is 0.250. The number of aromatic nitrogens is 1. The number of ether oxygens (including phenoxy) is 1. The lowest BCUT2D eigenvalue weighted by atomic mass is 10.1. The van der Waals surface area contributed by atoms with E-state index in [1.807, 2.05) is 29.0 Å². The molecule has 1 aromatic carbocycles. The molecule has 0 spiro atoms. The monoisotopic (exact) mass is 365 g/mol. The molecule has 5 nitrogen and oxygen atoms in total. The highest BCUT2D eigenvalue weighted by molar-refractivity contribution is 9.10. The fourth-order valence-corrected chi connectivity index (χ4v) is 2.89. The quantitative estimate of drug-likeness (QED) is 0.628. The van der Waals surface area contributed by atoms with Gasteiger partial charge in [-0.15, -0.1) is 0 Å². The number of halogens is 1. The Kier molecular flexibility index (Phi) is 5.38. The van der Waals surface area contributed by atoms with Crippen molar-refractivity contribution >= 4 is 44.8 Å². The van der Waals surface area contributed by atoms with Crippen LogP contribution in [0.4, 0.5) is 0 Å². The van der Waals surface area contributed by atoms with Crippen LogP contribution in [0.2, 0.25) is 0 Å². The maximum absolute atomic E-state index is 11.2. The Hall–Kier alpha value is -2.08. The van der Waals surface area contributed by atoms with Crippen LogP contribution in [0.5, 0.6) is 0 Å². The van der Waals surface area contributed by atoms with Crippen molar-refractivity contribution in [1.29, 1.82) is 0 Å². The molecular weight excluding hydrogens is 350 g/mol. The van der Waals surface area contributed by atoms with Gasteiger partial charge in [0.25, 0.3) is 0 Å². The second kappa shape index (κ2) is 7.26. The summed E-state index contributed by atoms with van der Waals surface area (Å²) in [4.78, 5) is 21.9. The molecule has 2 rings (SSSR count). The average Bonchev–Trinajstić information content (AvgIpc) is 2.84. The molecule has 1 N–H and O–H groups in total. The summed E-state index contributed by atoms with van der Waals surface area (Å²) in [5.74, 6) is -1.22. The summed E-state index contributed by atoms with van der Waals surface area (Å²) in [5, 5.41) is 9.75. The maximum atomic E-state index is 11.2. The third-order valence-corrected chi connectivity index (χ3v) is 3.96. The van der Waals surface area contributed by atoms with Crippen LogP contribution in [0.3, 0.4) is 0 Å². The van der Waals surface area contributed by atoms with Gasteiger partial charge in [0.05, 0.1) is 7.11 Å². The minimum atomic E-state index is -0.987. The third kappa shape index (κ3) is 3.76. The summed E-state index contributed by atoms with van der Waals surface area (Å²) in [6.07, 6.45) is 5.60. The van der Waals surface area contributed by atoms with Crippen molar-refractivity contribution < 1.29 is 19.4 Å². The van der Waals surface area contributed by atoms with Crippen LogP contribution < -0.4 is 0 Å². The molecule has 0 fully saturated rings. The number of carbonyl (C=O) groups is 2. The number of carbonyl (C=O) groups excluding carboxylic acids is 1. The van der Waals surface area contributed by atoms with Crippen LogP contribution in [0, 0.1) is 0 Å². The van der Waals surface area contributed by atoms with Crippen molar-refractivity contribution in [2.24, 2.45) is 0 Å². The van der Waals surface area contributed by atoms with E-state index in [0.717, 1.165) is 27.0 Å². The topological polar surface area (TPSA) is 68.5 Å². The lowest BCUT2D eigenvalue weighted by Crippen LogP contribution is -2.03. The Morgan fingerprint density at radius 1 is 1.41 bits per heavy atom. The summed E-state index contributed by atoms with van der Waals surface area (Å²) in [7, 11) is 1.37. The van der Waals surface area contributed by atoms with E-state index in [-0.39, 0.29) is 5.97 Å². The van der Waals surface area contributed by atoms with Gasteiger partial charge in [-0.05, 0) is 24.6 Å². The minimum absolute atomic E-state index is 0.233. The van der Waals surface area contributed by atoms with E-state index in [1.54, 1.807) is 6.08 Å². The first-order chi connectivity index (χ1) is 10.5. The highest BCUT2D eigenvalue weighted by atomic mass is 79.9. The van der Waals surface area contributed by atoms with Crippen LogP contribution in [0.25, 0.3) is 17.0 Å². The van der Waals surface area contributed by atoms with Crippen molar-refractivity contribution in [3.8, 4) is 0 Å². The van der Waals surface area contributed by atoms with E-state index < -0.39 is 5.97 Å². The predicted molar refractivity (Wildman–Crippen MR) is 87.6 cm³/mol. The molecule has 0 amide bonds. The summed E-state index contributed by atoms with van der Waals surface area (Å²) < 4.78 is 7.56. The molecule has 0 saturated heterocycles. The van der Waals surface area contributed by atoms with Crippen LogP contribution in [-0.4, -0.2) is 28.7 Å². The number of rotatable bonds is 6. The summed E-state index contributed by atoms with van der Waals surface area (Å²) in [6, 6.07) is 5.81. The molecule has 0 aliphatic rings. The Balaban J connectivity index is 2.32. The van der Waals surface area contributed by atoms with Crippen molar-refractivity contribution in [1.82, 2.24) is 4.57 Å². The number of carboxylic acids is 1. The molecule has 116 valence electrons. The molecule has 0 bridgehead atoms. The molecule has 0 unspecified atom stereocenters. The number of nitrogens with zero attached hydrogens (tertiary/aromatic N) is 1. The molecule has 2 aromatic rings. The third-order valence-electron chi connectivity index (χ3n) is 3.30. The number of carboxylic acid groups (broad SMARTS) is 1. The van der Waals surface area contributed by atoms with E-state index in [0.29, 0.717) is 19.4 Å². The Labute approximate surface area is 136 Å². The number of hydrogen-bond acceptors (Lipinski definition) is 3. The number of aliphatic carboxylic acids is 1. The van der Waals surface area contributed by atoms with E-state index in [9.17, 15) is 9.59 Å². The van der Waals surface area contributed by atoms with Gasteiger partial charge < -0.3 is 14.4 Å². The lowest BCUT2D eigenvalue weighted by molar-refractivity contribution is -0.140. The fourth-order valence-electron chi connectivity index (χ4n) is 2.31. The Morgan fingerprint density at radius 2 is 2.18 bits per heavy atom. The smallest absolute Gasteiger partial charge is 0.328 e. The largest absolute Gasteiger partial charge is 0.478 e. The van der Waals surface area contributed by atoms with E-state index in [1.165, 1.54) is 7.11 Å². The van der Waals surface area contributed by atoms with Crippen molar-refractivity contribution in [3.63, 3.8) is 0 Å². The molecule has 0 atom stereocenters. The number of methoxy groups -OCH3 is 1. The van der Waals surface area contributed by atoms with E-state index in [2.05, 4.69) is 20.7 Å². The van der Waals surface area contributed by atoms with Crippen molar-refractivity contribution in [2.75, 3.05) is 7.11 Å². The van der Waals surface area contributed by atoms with Crippen molar-refractivity contribution in [3.05, 3.63) is 40.5 Å². The van der Waals surface area contributed by atoms with Crippen LogP contribution in [0.1, 0.15) is 18.4 Å². The number of hydrogen-bond donors (Lipinski definition) is 1. The zero-order valence-electron chi connectivity index (χ0n) is 12.1. The zero-order chi connectivity index (χ0) is 16.1. The summed E-state index contributed by atoms with van der Waals surface area (Å²) >= 11 is 3.50. The first kappa shape index (κ1) is 16.3. The SMILES string of the molecule is COC(=O)CCCn1cc(/C=C/C(=O)O)c2c(Br)cccc21. The highest BCUT2D eigenvalue weighted by Gasteiger charge is 2.10. The minimum Gasteiger partial charge on any atom is -0.478 e.